The minimum atomic E-state index is -1.37. The first kappa shape index (κ1) is 15.3. The Labute approximate surface area is 96.2 Å². The van der Waals surface area contributed by atoms with Crippen LogP contribution in [0.3, 0.4) is 0 Å². The maximum Gasteiger partial charge on any atom is 0.312 e. The number of amides is 1. The SMILES string of the molecule is CC(C)(CO)C(O)C(=O)NCC(P)C(=O)O. The topological polar surface area (TPSA) is 107 Å². The summed E-state index contributed by atoms with van der Waals surface area (Å²) in [4.78, 5) is 21.9. The van der Waals surface area contributed by atoms with E-state index in [0.29, 0.717) is 0 Å². The third-order valence-electron chi connectivity index (χ3n) is 2.21. The average Bonchev–Trinajstić information content (AvgIpc) is 2.23. The molecule has 0 heterocycles. The minimum absolute atomic E-state index is 0.0859. The van der Waals surface area contributed by atoms with E-state index in [-0.39, 0.29) is 13.2 Å². The highest BCUT2D eigenvalue weighted by Crippen LogP contribution is 2.19. The summed E-state index contributed by atoms with van der Waals surface area (Å²) in [5.41, 5.74) is -1.75. The molecule has 0 aromatic heterocycles. The fourth-order valence-electron chi connectivity index (χ4n) is 0.836. The lowest BCUT2D eigenvalue weighted by atomic mass is 9.87. The molecule has 0 aliphatic rings. The Hall–Kier alpha value is -0.710. The number of rotatable bonds is 6. The molecular weight excluding hydrogens is 233 g/mol. The van der Waals surface area contributed by atoms with Crippen molar-refractivity contribution in [3.8, 4) is 0 Å². The molecule has 0 saturated heterocycles. The van der Waals surface area contributed by atoms with E-state index in [9.17, 15) is 14.7 Å². The van der Waals surface area contributed by atoms with Crippen LogP contribution in [0.1, 0.15) is 13.8 Å². The van der Waals surface area contributed by atoms with Gasteiger partial charge in [-0.05, 0) is 0 Å². The van der Waals surface area contributed by atoms with Gasteiger partial charge < -0.3 is 20.6 Å². The van der Waals surface area contributed by atoms with Crippen LogP contribution in [0.5, 0.6) is 0 Å². The zero-order valence-electron chi connectivity index (χ0n) is 9.30. The minimum Gasteiger partial charge on any atom is -0.481 e. The van der Waals surface area contributed by atoms with Crippen molar-refractivity contribution in [3.05, 3.63) is 0 Å². The molecule has 0 radical (unpaired) electrons. The van der Waals surface area contributed by atoms with Gasteiger partial charge in [-0.1, -0.05) is 13.8 Å². The first-order valence-corrected chi connectivity index (χ1v) is 5.44. The molecule has 16 heavy (non-hydrogen) atoms. The van der Waals surface area contributed by atoms with E-state index in [1.165, 1.54) is 13.8 Å². The van der Waals surface area contributed by atoms with E-state index in [1.54, 1.807) is 0 Å². The lowest BCUT2D eigenvalue weighted by Gasteiger charge is -2.27. The average molecular weight is 251 g/mol. The van der Waals surface area contributed by atoms with E-state index in [1.807, 2.05) is 0 Å². The largest absolute Gasteiger partial charge is 0.481 e. The van der Waals surface area contributed by atoms with E-state index in [4.69, 9.17) is 10.2 Å². The summed E-state index contributed by atoms with van der Waals surface area (Å²) < 4.78 is 0. The van der Waals surface area contributed by atoms with Crippen molar-refractivity contribution in [2.75, 3.05) is 13.2 Å². The van der Waals surface area contributed by atoms with Crippen molar-refractivity contribution in [2.24, 2.45) is 5.41 Å². The molecule has 0 saturated carbocycles. The van der Waals surface area contributed by atoms with Crippen LogP contribution in [-0.2, 0) is 9.59 Å². The zero-order chi connectivity index (χ0) is 12.9. The fourth-order valence-corrected chi connectivity index (χ4v) is 0.954. The Balaban J connectivity index is 4.22. The smallest absolute Gasteiger partial charge is 0.312 e. The van der Waals surface area contributed by atoms with Gasteiger partial charge >= 0.3 is 5.97 Å². The highest BCUT2D eigenvalue weighted by Gasteiger charge is 2.33. The number of carbonyl (C=O) groups excluding carboxylic acids is 1. The fraction of sp³-hybridized carbons (Fsp3) is 0.778. The van der Waals surface area contributed by atoms with E-state index in [0.717, 1.165) is 0 Å². The number of carboxylic acids is 1. The summed E-state index contributed by atoms with van der Waals surface area (Å²) in [5.74, 6) is -1.74. The molecule has 3 unspecified atom stereocenters. The van der Waals surface area contributed by atoms with Crippen LogP contribution in [0.15, 0.2) is 0 Å². The number of hydrogen-bond donors (Lipinski definition) is 4. The van der Waals surface area contributed by atoms with Crippen LogP contribution < -0.4 is 5.32 Å². The lowest BCUT2D eigenvalue weighted by molar-refractivity contribution is -0.138. The van der Waals surface area contributed by atoms with Gasteiger partial charge in [-0.25, -0.2) is 0 Å². The molecule has 0 fully saturated rings. The highest BCUT2D eigenvalue weighted by atomic mass is 31.0. The first-order chi connectivity index (χ1) is 7.22. The Morgan fingerprint density at radius 2 is 1.94 bits per heavy atom. The predicted octanol–water partition coefficient (Wildman–Crippen LogP) is -1.19. The second-order valence-corrected chi connectivity index (χ2v) is 5.04. The van der Waals surface area contributed by atoms with Crippen molar-refractivity contribution in [2.45, 2.75) is 25.6 Å². The van der Waals surface area contributed by atoms with Gasteiger partial charge in [0.1, 0.15) is 6.10 Å². The third-order valence-corrected chi connectivity index (χ3v) is 2.73. The van der Waals surface area contributed by atoms with Gasteiger partial charge in [-0.3, -0.25) is 9.59 Å². The number of aliphatic hydroxyl groups is 2. The van der Waals surface area contributed by atoms with Crippen molar-refractivity contribution >= 4 is 21.1 Å². The summed E-state index contributed by atoms with van der Waals surface area (Å²) in [6.45, 7) is 2.64. The molecule has 94 valence electrons. The second kappa shape index (κ2) is 6.13. The zero-order valence-corrected chi connectivity index (χ0v) is 10.5. The van der Waals surface area contributed by atoms with Crippen LogP contribution in [0.2, 0.25) is 0 Å². The molecule has 0 aliphatic heterocycles. The summed E-state index contributed by atoms with van der Waals surface area (Å²) in [6.07, 6.45) is -1.37. The van der Waals surface area contributed by atoms with E-state index >= 15 is 0 Å². The maximum atomic E-state index is 11.4. The van der Waals surface area contributed by atoms with Gasteiger partial charge in [-0.2, -0.15) is 0 Å². The molecule has 0 spiro atoms. The molecule has 4 N–H and O–H groups in total. The summed E-state index contributed by atoms with van der Waals surface area (Å²) in [5, 5.41) is 29.4. The highest BCUT2D eigenvalue weighted by molar-refractivity contribution is 7.19. The normalized spacial score (nSPS) is 15.3. The van der Waals surface area contributed by atoms with E-state index < -0.39 is 29.1 Å². The second-order valence-electron chi connectivity index (χ2n) is 4.24. The number of carboxylic acid groups (broad SMARTS) is 1. The molecule has 0 rings (SSSR count). The van der Waals surface area contributed by atoms with Crippen LogP contribution in [0.25, 0.3) is 0 Å². The molecule has 1 amide bonds. The third kappa shape index (κ3) is 4.43. The Morgan fingerprint density at radius 1 is 1.44 bits per heavy atom. The van der Waals surface area contributed by atoms with Crippen molar-refractivity contribution in [1.29, 1.82) is 0 Å². The van der Waals surface area contributed by atoms with Gasteiger partial charge in [-0.15, -0.1) is 9.24 Å². The van der Waals surface area contributed by atoms with Crippen LogP contribution in [-0.4, -0.2) is 52.1 Å². The van der Waals surface area contributed by atoms with Gasteiger partial charge in [0, 0.05) is 12.0 Å². The number of aliphatic hydroxyl groups excluding tert-OH is 2. The standard InChI is InChI=1S/C9H18NO5P/c1-9(2,4-11)6(12)7(13)10-3-5(16)8(14)15/h5-6,11-12H,3-4,16H2,1-2H3,(H,10,13)(H,14,15). The summed E-state index contributed by atoms with van der Waals surface area (Å²) >= 11 is 0. The molecule has 0 aromatic carbocycles. The van der Waals surface area contributed by atoms with Crippen molar-refractivity contribution < 1.29 is 24.9 Å². The number of nitrogens with one attached hydrogen (secondary N) is 1. The predicted molar refractivity (Wildman–Crippen MR) is 61.0 cm³/mol. The molecular formula is C9H18NO5P. The Kier molecular flexibility index (Phi) is 5.86. The molecule has 0 aliphatic carbocycles. The number of hydrogen-bond acceptors (Lipinski definition) is 4. The molecule has 3 atom stereocenters. The maximum absolute atomic E-state index is 11.4. The molecule has 0 aromatic rings. The molecule has 7 heteroatoms. The number of aliphatic carboxylic acids is 1. The van der Waals surface area contributed by atoms with Crippen LogP contribution in [0.4, 0.5) is 0 Å². The quantitative estimate of drug-likeness (QED) is 0.444. The summed E-state index contributed by atoms with van der Waals surface area (Å²) in [7, 11) is 2.07. The van der Waals surface area contributed by atoms with Crippen molar-refractivity contribution in [1.82, 2.24) is 5.32 Å². The Morgan fingerprint density at radius 3 is 2.31 bits per heavy atom. The first-order valence-electron chi connectivity index (χ1n) is 4.77. The van der Waals surface area contributed by atoms with Gasteiger partial charge in [0.15, 0.2) is 0 Å². The van der Waals surface area contributed by atoms with E-state index in [2.05, 4.69) is 14.6 Å². The monoisotopic (exact) mass is 251 g/mol. The van der Waals surface area contributed by atoms with Crippen molar-refractivity contribution in [3.63, 3.8) is 0 Å². The Bertz CT molecular complexity index is 269. The lowest BCUT2D eigenvalue weighted by Crippen LogP contribution is -2.47. The van der Waals surface area contributed by atoms with Crippen LogP contribution >= 0.6 is 9.24 Å². The van der Waals surface area contributed by atoms with Gasteiger partial charge in [0.05, 0.1) is 12.3 Å². The summed E-state index contributed by atoms with van der Waals surface area (Å²) in [6, 6.07) is 0. The molecule has 0 bridgehead atoms. The van der Waals surface area contributed by atoms with Gasteiger partial charge in [0.2, 0.25) is 5.91 Å². The van der Waals surface area contributed by atoms with Gasteiger partial charge in [0.25, 0.3) is 0 Å². The van der Waals surface area contributed by atoms with Crippen LogP contribution in [0, 0.1) is 5.41 Å². The number of carbonyl (C=O) groups is 2. The molecule has 6 nitrogen and oxygen atoms in total.